The number of methoxy groups -OCH3 is 1. The number of carbonyl (C=O) groups is 2. The molecule has 0 atom stereocenters. The third kappa shape index (κ3) is 4.42. The predicted octanol–water partition coefficient (Wildman–Crippen LogP) is 3.50. The Labute approximate surface area is 162 Å². The van der Waals surface area contributed by atoms with Gasteiger partial charge in [-0.05, 0) is 63.3 Å². The number of hydrogen-bond acceptors (Lipinski definition) is 5. The van der Waals surface area contributed by atoms with Gasteiger partial charge in [-0.2, -0.15) is 0 Å². The SMILES string of the molecule is COc1cc(C(=O)NNC(=O)c2csc3c2CCCC3)ccc1OC(C)C. The molecule has 6 nitrogen and oxygen atoms in total. The van der Waals surface area contributed by atoms with E-state index in [1.165, 1.54) is 18.4 Å². The molecule has 1 aliphatic carbocycles. The fraction of sp³-hybridized carbons (Fsp3) is 0.400. The van der Waals surface area contributed by atoms with Crippen LogP contribution in [0.5, 0.6) is 11.5 Å². The summed E-state index contributed by atoms with van der Waals surface area (Å²) in [4.78, 5) is 26.1. The van der Waals surface area contributed by atoms with Crippen LogP contribution in [0, 0.1) is 0 Å². The Kier molecular flexibility index (Phi) is 6.01. The largest absolute Gasteiger partial charge is 0.493 e. The molecule has 0 aliphatic heterocycles. The molecular formula is C20H24N2O4S. The highest BCUT2D eigenvalue weighted by atomic mass is 32.1. The van der Waals surface area contributed by atoms with Gasteiger partial charge in [-0.3, -0.25) is 20.4 Å². The highest BCUT2D eigenvalue weighted by Crippen LogP contribution is 2.30. The first kappa shape index (κ1) is 19.2. The van der Waals surface area contributed by atoms with Gasteiger partial charge in [-0.1, -0.05) is 0 Å². The third-order valence-electron chi connectivity index (χ3n) is 4.38. The maximum Gasteiger partial charge on any atom is 0.270 e. The predicted molar refractivity (Wildman–Crippen MR) is 105 cm³/mol. The van der Waals surface area contributed by atoms with E-state index < -0.39 is 5.91 Å². The van der Waals surface area contributed by atoms with Crippen LogP contribution in [0.25, 0.3) is 0 Å². The van der Waals surface area contributed by atoms with E-state index >= 15 is 0 Å². The van der Waals surface area contributed by atoms with E-state index in [-0.39, 0.29) is 12.0 Å². The molecule has 1 heterocycles. The van der Waals surface area contributed by atoms with Gasteiger partial charge in [-0.25, -0.2) is 0 Å². The second-order valence-electron chi connectivity index (χ2n) is 6.70. The van der Waals surface area contributed by atoms with Gasteiger partial charge in [0.1, 0.15) is 0 Å². The summed E-state index contributed by atoms with van der Waals surface area (Å²) >= 11 is 1.62. The Morgan fingerprint density at radius 3 is 2.56 bits per heavy atom. The molecule has 1 aromatic carbocycles. The monoisotopic (exact) mass is 388 g/mol. The topological polar surface area (TPSA) is 76.7 Å². The van der Waals surface area contributed by atoms with Crippen molar-refractivity contribution in [2.24, 2.45) is 0 Å². The molecular weight excluding hydrogens is 364 g/mol. The second kappa shape index (κ2) is 8.43. The number of aryl methyl sites for hydroxylation is 1. The smallest absolute Gasteiger partial charge is 0.270 e. The number of hydrogen-bond donors (Lipinski definition) is 2. The van der Waals surface area contributed by atoms with Crippen LogP contribution in [0.1, 0.15) is 57.8 Å². The molecule has 1 aromatic heterocycles. The maximum absolute atomic E-state index is 12.4. The summed E-state index contributed by atoms with van der Waals surface area (Å²) in [6, 6.07) is 4.91. The fourth-order valence-electron chi connectivity index (χ4n) is 3.10. The Bertz CT molecular complexity index is 845. The lowest BCUT2D eigenvalue weighted by Crippen LogP contribution is -2.41. The second-order valence-corrected chi connectivity index (χ2v) is 7.66. The first-order valence-corrected chi connectivity index (χ1v) is 9.92. The summed E-state index contributed by atoms with van der Waals surface area (Å²) in [7, 11) is 1.52. The average molecular weight is 388 g/mol. The number of hydrazine groups is 1. The molecule has 0 saturated carbocycles. The standard InChI is InChI=1S/C20H24N2O4S/c1-12(2)26-16-9-8-13(10-17(16)25-3)19(23)21-22-20(24)15-11-27-18-7-5-4-6-14(15)18/h8-12H,4-7H2,1-3H3,(H,21,23)(H,22,24). The Morgan fingerprint density at radius 2 is 1.81 bits per heavy atom. The van der Waals surface area contributed by atoms with E-state index in [1.54, 1.807) is 29.5 Å². The van der Waals surface area contributed by atoms with Gasteiger partial charge in [0.05, 0.1) is 18.8 Å². The van der Waals surface area contributed by atoms with E-state index in [4.69, 9.17) is 9.47 Å². The van der Waals surface area contributed by atoms with E-state index in [0.29, 0.717) is 22.6 Å². The van der Waals surface area contributed by atoms with Crippen molar-refractivity contribution in [1.82, 2.24) is 10.9 Å². The summed E-state index contributed by atoms with van der Waals surface area (Å²) in [6.45, 7) is 3.83. The molecule has 1 aliphatic rings. The summed E-state index contributed by atoms with van der Waals surface area (Å²) in [5.74, 6) is 0.337. The molecule has 0 spiro atoms. The van der Waals surface area contributed by atoms with Crippen LogP contribution in [0.15, 0.2) is 23.6 Å². The van der Waals surface area contributed by atoms with Crippen molar-refractivity contribution >= 4 is 23.2 Å². The Hall–Kier alpha value is -2.54. The molecule has 7 heteroatoms. The number of fused-ring (bicyclic) bond motifs is 1. The molecule has 3 rings (SSSR count). The molecule has 0 bridgehead atoms. The Balaban J connectivity index is 1.65. The number of benzene rings is 1. The number of nitrogens with one attached hydrogen (secondary N) is 2. The Morgan fingerprint density at radius 1 is 1.07 bits per heavy atom. The quantitative estimate of drug-likeness (QED) is 0.769. The van der Waals surface area contributed by atoms with Gasteiger partial charge in [0.2, 0.25) is 0 Å². The van der Waals surface area contributed by atoms with Crippen LogP contribution >= 0.6 is 11.3 Å². The highest BCUT2D eigenvalue weighted by molar-refractivity contribution is 7.10. The van der Waals surface area contributed by atoms with Crippen LogP contribution in [-0.4, -0.2) is 25.0 Å². The number of carbonyl (C=O) groups excluding carboxylic acids is 2. The minimum absolute atomic E-state index is 0.00518. The van der Waals surface area contributed by atoms with Gasteiger partial charge in [0, 0.05) is 15.8 Å². The third-order valence-corrected chi connectivity index (χ3v) is 5.47. The van der Waals surface area contributed by atoms with Crippen molar-refractivity contribution in [2.75, 3.05) is 7.11 Å². The van der Waals surface area contributed by atoms with Crippen LogP contribution in [0.2, 0.25) is 0 Å². The van der Waals surface area contributed by atoms with Crippen molar-refractivity contribution in [1.29, 1.82) is 0 Å². The number of amides is 2. The number of thiophene rings is 1. The molecule has 2 amide bonds. The van der Waals surface area contributed by atoms with Crippen molar-refractivity contribution < 1.29 is 19.1 Å². The lowest BCUT2D eigenvalue weighted by atomic mass is 9.96. The van der Waals surface area contributed by atoms with E-state index in [2.05, 4.69) is 10.9 Å². The van der Waals surface area contributed by atoms with E-state index in [1.807, 2.05) is 19.2 Å². The molecule has 0 unspecified atom stereocenters. The normalized spacial score (nSPS) is 13.0. The highest BCUT2D eigenvalue weighted by Gasteiger charge is 2.20. The van der Waals surface area contributed by atoms with Crippen LogP contribution in [0.4, 0.5) is 0 Å². The van der Waals surface area contributed by atoms with Gasteiger partial charge in [-0.15, -0.1) is 11.3 Å². The van der Waals surface area contributed by atoms with Crippen molar-refractivity contribution in [2.45, 2.75) is 45.6 Å². The molecule has 2 N–H and O–H groups in total. The first-order valence-electron chi connectivity index (χ1n) is 9.04. The molecule has 144 valence electrons. The zero-order valence-corrected chi connectivity index (χ0v) is 16.6. The zero-order valence-electron chi connectivity index (χ0n) is 15.8. The van der Waals surface area contributed by atoms with Gasteiger partial charge in [0.15, 0.2) is 11.5 Å². The zero-order chi connectivity index (χ0) is 19.4. The molecule has 0 fully saturated rings. The molecule has 0 saturated heterocycles. The molecule has 2 aromatic rings. The number of rotatable bonds is 5. The average Bonchev–Trinajstić information content (AvgIpc) is 3.10. The maximum atomic E-state index is 12.4. The van der Waals surface area contributed by atoms with Crippen LogP contribution in [0.3, 0.4) is 0 Å². The van der Waals surface area contributed by atoms with Gasteiger partial charge in [0.25, 0.3) is 11.8 Å². The van der Waals surface area contributed by atoms with E-state index in [9.17, 15) is 9.59 Å². The van der Waals surface area contributed by atoms with E-state index in [0.717, 1.165) is 24.8 Å². The van der Waals surface area contributed by atoms with Gasteiger partial charge >= 0.3 is 0 Å². The van der Waals surface area contributed by atoms with Crippen molar-refractivity contribution in [3.63, 3.8) is 0 Å². The first-order chi connectivity index (χ1) is 13.0. The lowest BCUT2D eigenvalue weighted by molar-refractivity contribution is 0.0846. The summed E-state index contributed by atoms with van der Waals surface area (Å²) in [5.41, 5.74) is 7.14. The minimum atomic E-state index is -0.415. The van der Waals surface area contributed by atoms with Gasteiger partial charge < -0.3 is 9.47 Å². The summed E-state index contributed by atoms with van der Waals surface area (Å²) < 4.78 is 10.9. The summed E-state index contributed by atoms with van der Waals surface area (Å²) in [6.07, 6.45) is 4.22. The minimum Gasteiger partial charge on any atom is -0.493 e. The molecule has 27 heavy (non-hydrogen) atoms. The number of ether oxygens (including phenoxy) is 2. The fourth-order valence-corrected chi connectivity index (χ4v) is 4.22. The van der Waals surface area contributed by atoms with Crippen LogP contribution < -0.4 is 20.3 Å². The van der Waals surface area contributed by atoms with Crippen LogP contribution in [-0.2, 0) is 12.8 Å². The lowest BCUT2D eigenvalue weighted by Gasteiger charge is -2.15. The summed E-state index contributed by atoms with van der Waals surface area (Å²) in [5, 5.41) is 1.87. The van der Waals surface area contributed by atoms with Crippen molar-refractivity contribution in [3.8, 4) is 11.5 Å². The van der Waals surface area contributed by atoms with Crippen molar-refractivity contribution in [3.05, 3.63) is 45.1 Å². The molecule has 0 radical (unpaired) electrons.